The zero-order chi connectivity index (χ0) is 14.9. The lowest BCUT2D eigenvalue weighted by atomic mass is 10.1. The first-order valence-electron chi connectivity index (χ1n) is 6.29. The van der Waals surface area contributed by atoms with Gasteiger partial charge >= 0.3 is 5.97 Å². The summed E-state index contributed by atoms with van der Waals surface area (Å²) in [6, 6.07) is 4.66. The predicted octanol–water partition coefficient (Wildman–Crippen LogP) is 3.33. The summed E-state index contributed by atoms with van der Waals surface area (Å²) < 4.78 is 5.66. The van der Waals surface area contributed by atoms with Gasteiger partial charge in [0.15, 0.2) is 0 Å². The van der Waals surface area contributed by atoms with E-state index in [1.807, 2.05) is 19.1 Å². The van der Waals surface area contributed by atoms with Gasteiger partial charge in [0.2, 0.25) is 5.91 Å². The maximum atomic E-state index is 12.1. The number of halogens is 2. The molecule has 0 saturated carbocycles. The van der Waals surface area contributed by atoms with Crippen molar-refractivity contribution >= 4 is 39.4 Å². The lowest BCUT2D eigenvalue weighted by Gasteiger charge is -2.30. The maximum absolute atomic E-state index is 12.1. The van der Waals surface area contributed by atoms with Crippen molar-refractivity contribution in [2.75, 3.05) is 7.11 Å². The molecule has 1 heterocycles. The fraction of sp³-hybridized carbons (Fsp3) is 0.429. The van der Waals surface area contributed by atoms with Crippen molar-refractivity contribution in [2.45, 2.75) is 31.8 Å². The Labute approximate surface area is 131 Å². The number of esters is 1. The van der Waals surface area contributed by atoms with Crippen LogP contribution in [0.15, 0.2) is 22.7 Å². The first-order chi connectivity index (χ1) is 9.45. The molecule has 0 aliphatic carbocycles. The summed E-state index contributed by atoms with van der Waals surface area (Å²) in [4.78, 5) is 25.4. The molecule has 4 nitrogen and oxygen atoms in total. The number of amides is 1. The third kappa shape index (κ3) is 2.83. The molecule has 1 aliphatic heterocycles. The van der Waals surface area contributed by atoms with Crippen molar-refractivity contribution in [1.29, 1.82) is 0 Å². The number of rotatable bonds is 3. The molecule has 0 spiro atoms. The molecule has 1 amide bonds. The number of hydrogen-bond acceptors (Lipinski definition) is 3. The van der Waals surface area contributed by atoms with E-state index in [-0.39, 0.29) is 17.9 Å². The van der Waals surface area contributed by atoms with E-state index in [0.29, 0.717) is 17.9 Å². The Hall–Kier alpha value is -1.07. The van der Waals surface area contributed by atoms with Crippen LogP contribution in [0.3, 0.4) is 0 Å². The number of nitrogens with zero attached hydrogens (tertiary/aromatic N) is 1. The average molecular weight is 361 g/mol. The van der Waals surface area contributed by atoms with Crippen molar-refractivity contribution in [3.8, 4) is 0 Å². The van der Waals surface area contributed by atoms with Gasteiger partial charge in [0.05, 0.1) is 13.2 Å². The number of benzene rings is 1. The molecule has 2 rings (SSSR count). The number of methoxy groups -OCH3 is 1. The van der Waals surface area contributed by atoms with Gasteiger partial charge in [0.25, 0.3) is 0 Å². The molecular formula is C14H15BrClNO3. The van der Waals surface area contributed by atoms with E-state index in [2.05, 4.69) is 15.9 Å². The summed E-state index contributed by atoms with van der Waals surface area (Å²) in [5, 5.41) is 0.573. The molecular weight excluding hydrogens is 346 g/mol. The number of carbonyl (C=O) groups excluding carboxylic acids is 2. The molecule has 1 aliphatic rings. The highest BCUT2D eigenvalue weighted by Gasteiger charge is 2.40. The molecule has 6 heteroatoms. The van der Waals surface area contributed by atoms with Gasteiger partial charge in [-0.3, -0.25) is 4.79 Å². The summed E-state index contributed by atoms with van der Waals surface area (Å²) >= 11 is 9.60. The fourth-order valence-corrected chi connectivity index (χ4v) is 3.19. The number of hydrogen-bond donors (Lipinski definition) is 0. The Bertz CT molecular complexity index is 549. The molecule has 0 aromatic heterocycles. The molecule has 1 saturated heterocycles. The van der Waals surface area contributed by atoms with E-state index in [1.54, 1.807) is 11.0 Å². The molecule has 1 aromatic rings. The van der Waals surface area contributed by atoms with Crippen molar-refractivity contribution in [1.82, 2.24) is 4.90 Å². The number of carbonyl (C=O) groups is 2. The van der Waals surface area contributed by atoms with E-state index in [4.69, 9.17) is 16.3 Å². The Morgan fingerprint density at radius 3 is 2.90 bits per heavy atom. The second-order valence-corrected chi connectivity index (χ2v) is 6.04. The second kappa shape index (κ2) is 6.14. The van der Waals surface area contributed by atoms with E-state index < -0.39 is 6.04 Å². The van der Waals surface area contributed by atoms with E-state index >= 15 is 0 Å². The van der Waals surface area contributed by atoms with Crippen LogP contribution in [0.4, 0.5) is 0 Å². The summed E-state index contributed by atoms with van der Waals surface area (Å²) in [6.07, 6.45) is 0.844. The average Bonchev–Trinajstić information content (AvgIpc) is 2.81. The highest BCUT2D eigenvalue weighted by molar-refractivity contribution is 9.10. The smallest absolute Gasteiger partial charge is 0.328 e. The molecule has 0 bridgehead atoms. The minimum Gasteiger partial charge on any atom is -0.467 e. The van der Waals surface area contributed by atoms with Gasteiger partial charge in [-0.2, -0.15) is 0 Å². The van der Waals surface area contributed by atoms with Gasteiger partial charge in [-0.05, 0) is 37.1 Å². The first kappa shape index (κ1) is 15.3. The van der Waals surface area contributed by atoms with Gasteiger partial charge < -0.3 is 9.64 Å². The topological polar surface area (TPSA) is 46.6 Å². The third-order valence-electron chi connectivity index (χ3n) is 3.55. The molecule has 2 unspecified atom stereocenters. The lowest BCUT2D eigenvalue weighted by Crippen LogP contribution is -2.41. The van der Waals surface area contributed by atoms with Crippen LogP contribution >= 0.6 is 27.5 Å². The minimum atomic E-state index is -0.530. The molecule has 0 N–H and O–H groups in total. The molecule has 1 fully saturated rings. The normalized spacial score (nSPS) is 20.1. The van der Waals surface area contributed by atoms with Crippen LogP contribution in [0.2, 0.25) is 5.02 Å². The summed E-state index contributed by atoms with van der Waals surface area (Å²) in [5.74, 6) is -0.433. The van der Waals surface area contributed by atoms with E-state index in [0.717, 1.165) is 10.0 Å². The van der Waals surface area contributed by atoms with Gasteiger partial charge in [0.1, 0.15) is 6.04 Å². The predicted molar refractivity (Wildman–Crippen MR) is 79.5 cm³/mol. The van der Waals surface area contributed by atoms with E-state index in [9.17, 15) is 9.59 Å². The molecule has 108 valence electrons. The molecule has 20 heavy (non-hydrogen) atoms. The zero-order valence-corrected chi connectivity index (χ0v) is 13.6. The van der Waals surface area contributed by atoms with Crippen molar-refractivity contribution < 1.29 is 14.3 Å². The molecule has 2 atom stereocenters. The Kier molecular flexibility index (Phi) is 4.70. The lowest BCUT2D eigenvalue weighted by molar-refractivity contribution is -0.150. The number of likely N-dealkylation sites (tertiary alicyclic amines) is 1. The van der Waals surface area contributed by atoms with Crippen LogP contribution < -0.4 is 0 Å². The largest absolute Gasteiger partial charge is 0.467 e. The highest BCUT2D eigenvalue weighted by Crippen LogP contribution is 2.35. The second-order valence-electron chi connectivity index (χ2n) is 4.72. The fourth-order valence-electron chi connectivity index (χ4n) is 2.54. The molecule has 0 radical (unpaired) electrons. The van der Waals surface area contributed by atoms with Crippen LogP contribution in [0, 0.1) is 0 Å². The van der Waals surface area contributed by atoms with E-state index in [1.165, 1.54) is 7.11 Å². The summed E-state index contributed by atoms with van der Waals surface area (Å²) in [5.41, 5.74) is 0.810. The van der Waals surface area contributed by atoms with Crippen LogP contribution in [0.25, 0.3) is 0 Å². The van der Waals surface area contributed by atoms with Crippen molar-refractivity contribution in [2.24, 2.45) is 0 Å². The van der Waals surface area contributed by atoms with Crippen molar-refractivity contribution in [3.05, 3.63) is 33.3 Å². The van der Waals surface area contributed by atoms with Crippen LogP contribution in [0.5, 0.6) is 0 Å². The Morgan fingerprint density at radius 2 is 2.25 bits per heavy atom. The summed E-state index contributed by atoms with van der Waals surface area (Å²) in [6.45, 7) is 1.87. The zero-order valence-electron chi connectivity index (χ0n) is 11.2. The van der Waals surface area contributed by atoms with Crippen LogP contribution in [-0.2, 0) is 14.3 Å². The van der Waals surface area contributed by atoms with Crippen molar-refractivity contribution in [3.63, 3.8) is 0 Å². The number of ether oxygens (including phenoxy) is 1. The van der Waals surface area contributed by atoms with Gasteiger partial charge in [-0.15, -0.1) is 0 Å². The standard InChI is InChI=1S/C14H15BrClNO3/c1-8(10-7-9(15)3-4-11(10)16)17-12(14(19)20-2)5-6-13(17)18/h3-4,7-8,12H,5-6H2,1-2H3. The highest BCUT2D eigenvalue weighted by atomic mass is 79.9. The monoisotopic (exact) mass is 359 g/mol. The quantitative estimate of drug-likeness (QED) is 0.777. The van der Waals surface area contributed by atoms with Crippen LogP contribution in [-0.4, -0.2) is 29.9 Å². The van der Waals surface area contributed by atoms with Gasteiger partial charge in [0, 0.05) is 15.9 Å². The van der Waals surface area contributed by atoms with Gasteiger partial charge in [-0.1, -0.05) is 27.5 Å². The SMILES string of the molecule is COC(=O)C1CCC(=O)N1C(C)c1cc(Br)ccc1Cl. The summed E-state index contributed by atoms with van der Waals surface area (Å²) in [7, 11) is 1.33. The van der Waals surface area contributed by atoms with Crippen LogP contribution in [0.1, 0.15) is 31.4 Å². The molecule has 1 aromatic carbocycles. The first-order valence-corrected chi connectivity index (χ1v) is 7.46. The van der Waals surface area contributed by atoms with Gasteiger partial charge in [-0.25, -0.2) is 4.79 Å². The Morgan fingerprint density at radius 1 is 1.55 bits per heavy atom. The Balaban J connectivity index is 2.34. The third-order valence-corrected chi connectivity index (χ3v) is 4.39. The maximum Gasteiger partial charge on any atom is 0.328 e. The minimum absolute atomic E-state index is 0.0519.